The van der Waals surface area contributed by atoms with E-state index in [2.05, 4.69) is 0 Å². The molecule has 1 saturated carbocycles. The molecule has 3 nitrogen and oxygen atoms in total. The Kier molecular flexibility index (Phi) is 4.51. The molecule has 0 bridgehead atoms. The summed E-state index contributed by atoms with van der Waals surface area (Å²) in [4.78, 5) is 14.3. The van der Waals surface area contributed by atoms with Crippen molar-refractivity contribution in [3.05, 3.63) is 34.9 Å². The lowest BCUT2D eigenvalue weighted by molar-refractivity contribution is -0.130. The van der Waals surface area contributed by atoms with Crippen LogP contribution in [0.1, 0.15) is 31.2 Å². The van der Waals surface area contributed by atoms with Crippen LogP contribution in [-0.4, -0.2) is 29.9 Å². The summed E-state index contributed by atoms with van der Waals surface area (Å²) < 4.78 is 0. The van der Waals surface area contributed by atoms with E-state index in [-0.39, 0.29) is 11.9 Å². The van der Waals surface area contributed by atoms with E-state index in [1.54, 1.807) is 0 Å². The van der Waals surface area contributed by atoms with E-state index in [9.17, 15) is 4.79 Å². The summed E-state index contributed by atoms with van der Waals surface area (Å²) in [7, 11) is 0. The molecule has 4 heteroatoms. The minimum Gasteiger partial charge on any atom is -0.341 e. The van der Waals surface area contributed by atoms with Crippen molar-refractivity contribution >= 4 is 17.5 Å². The molecule has 1 amide bonds. The van der Waals surface area contributed by atoms with Crippen LogP contribution in [0, 0.1) is 11.8 Å². The number of benzene rings is 1. The van der Waals surface area contributed by atoms with E-state index in [1.807, 2.05) is 29.2 Å². The van der Waals surface area contributed by atoms with Gasteiger partial charge in [-0.2, -0.15) is 0 Å². The molecule has 2 fully saturated rings. The first-order valence-electron chi connectivity index (χ1n) is 7.91. The summed E-state index contributed by atoms with van der Waals surface area (Å²) in [6, 6.07) is 8.05. The quantitative estimate of drug-likeness (QED) is 0.909. The fraction of sp³-hybridized carbons (Fsp3) is 0.588. The van der Waals surface area contributed by atoms with Gasteiger partial charge >= 0.3 is 0 Å². The molecule has 2 aliphatic rings. The molecule has 21 heavy (non-hydrogen) atoms. The second-order valence-corrected chi connectivity index (χ2v) is 6.88. The topological polar surface area (TPSA) is 46.3 Å². The lowest BCUT2D eigenvalue weighted by atomic mass is 9.99. The van der Waals surface area contributed by atoms with Crippen LogP contribution in [0.4, 0.5) is 0 Å². The lowest BCUT2D eigenvalue weighted by Crippen LogP contribution is -2.32. The Hall–Kier alpha value is -1.06. The monoisotopic (exact) mass is 306 g/mol. The molecule has 1 saturated heterocycles. The molecule has 1 aromatic carbocycles. The summed E-state index contributed by atoms with van der Waals surface area (Å²) in [5.41, 5.74) is 7.41. The number of amides is 1. The van der Waals surface area contributed by atoms with Gasteiger partial charge in [-0.25, -0.2) is 0 Å². The van der Waals surface area contributed by atoms with Gasteiger partial charge in [-0.3, -0.25) is 4.79 Å². The Balaban J connectivity index is 1.43. The first-order chi connectivity index (χ1) is 10.1. The average molecular weight is 307 g/mol. The van der Waals surface area contributed by atoms with Gasteiger partial charge in [-0.1, -0.05) is 23.7 Å². The number of nitrogens with two attached hydrogens (primary N) is 1. The average Bonchev–Trinajstić information content (AvgIpc) is 3.23. The zero-order valence-electron chi connectivity index (χ0n) is 12.3. The van der Waals surface area contributed by atoms with Crippen molar-refractivity contribution in [2.75, 3.05) is 13.1 Å². The third-order valence-electron chi connectivity index (χ3n) is 4.76. The molecule has 2 atom stereocenters. The van der Waals surface area contributed by atoms with Crippen molar-refractivity contribution in [3.8, 4) is 0 Å². The highest BCUT2D eigenvalue weighted by atomic mass is 35.5. The zero-order valence-corrected chi connectivity index (χ0v) is 13.1. The highest BCUT2D eigenvalue weighted by molar-refractivity contribution is 6.30. The van der Waals surface area contributed by atoms with Crippen molar-refractivity contribution < 1.29 is 4.79 Å². The van der Waals surface area contributed by atoms with Gasteiger partial charge in [0, 0.05) is 30.6 Å². The zero-order chi connectivity index (χ0) is 14.8. The van der Waals surface area contributed by atoms with E-state index in [1.165, 1.54) is 18.4 Å². The number of likely N-dealkylation sites (tertiary alicyclic amines) is 1. The summed E-state index contributed by atoms with van der Waals surface area (Å²) >= 11 is 5.87. The molecular formula is C17H23ClN2O. The normalized spacial score (nSPS) is 25.3. The molecule has 0 radical (unpaired) electrons. The lowest BCUT2D eigenvalue weighted by Gasteiger charge is -2.16. The van der Waals surface area contributed by atoms with Gasteiger partial charge < -0.3 is 10.6 Å². The fourth-order valence-corrected chi connectivity index (χ4v) is 3.46. The minimum absolute atomic E-state index is 0.192. The number of carbonyl (C=O) groups excluding carboxylic acids is 1. The predicted octanol–water partition coefficient (Wildman–Crippen LogP) is 2.86. The van der Waals surface area contributed by atoms with Crippen LogP contribution in [0.3, 0.4) is 0 Å². The van der Waals surface area contributed by atoms with Crippen LogP contribution in [0.5, 0.6) is 0 Å². The van der Waals surface area contributed by atoms with E-state index in [0.29, 0.717) is 12.3 Å². The number of hydrogen-bond acceptors (Lipinski definition) is 2. The van der Waals surface area contributed by atoms with Crippen molar-refractivity contribution in [3.63, 3.8) is 0 Å². The van der Waals surface area contributed by atoms with Crippen LogP contribution in [0.25, 0.3) is 0 Å². The van der Waals surface area contributed by atoms with Gasteiger partial charge in [0.05, 0.1) is 0 Å². The van der Waals surface area contributed by atoms with Crippen LogP contribution in [0.2, 0.25) is 5.02 Å². The fourth-order valence-electron chi connectivity index (χ4n) is 3.33. The second kappa shape index (κ2) is 6.37. The molecule has 114 valence electrons. The number of halogens is 1. The Morgan fingerprint density at radius 2 is 1.95 bits per heavy atom. The molecule has 0 aromatic heterocycles. The maximum atomic E-state index is 12.3. The van der Waals surface area contributed by atoms with Gasteiger partial charge in [0.1, 0.15) is 0 Å². The number of rotatable bonds is 5. The summed E-state index contributed by atoms with van der Waals surface area (Å²) in [6.07, 6.45) is 5.04. The van der Waals surface area contributed by atoms with Crippen LogP contribution >= 0.6 is 11.6 Å². The van der Waals surface area contributed by atoms with Crippen molar-refractivity contribution in [1.29, 1.82) is 0 Å². The van der Waals surface area contributed by atoms with Gasteiger partial charge in [0.25, 0.3) is 0 Å². The third-order valence-corrected chi connectivity index (χ3v) is 5.01. The molecule has 1 heterocycles. The minimum atomic E-state index is 0.192. The number of aryl methyl sites for hydroxylation is 1. The number of hydrogen-bond donors (Lipinski definition) is 1. The van der Waals surface area contributed by atoms with Crippen LogP contribution in [0.15, 0.2) is 24.3 Å². The highest BCUT2D eigenvalue weighted by Crippen LogP contribution is 2.40. The molecule has 1 aliphatic carbocycles. The first-order valence-corrected chi connectivity index (χ1v) is 8.29. The van der Waals surface area contributed by atoms with Crippen LogP contribution in [-0.2, 0) is 11.2 Å². The molecule has 2 N–H and O–H groups in total. The SMILES string of the molecule is N[C@H]1CN(C(=O)CCCc2ccc(Cl)cc2)C[C@@H]1C1CC1. The van der Waals surface area contributed by atoms with E-state index >= 15 is 0 Å². The summed E-state index contributed by atoms with van der Waals surface area (Å²) in [5, 5.41) is 0.756. The molecular weight excluding hydrogens is 284 g/mol. The largest absolute Gasteiger partial charge is 0.341 e. The molecule has 0 unspecified atom stereocenters. The Morgan fingerprint density at radius 1 is 1.24 bits per heavy atom. The van der Waals surface area contributed by atoms with E-state index in [4.69, 9.17) is 17.3 Å². The summed E-state index contributed by atoms with van der Waals surface area (Å²) in [5.74, 6) is 1.60. The first kappa shape index (κ1) is 14.9. The standard InChI is InChI=1S/C17H23ClN2O/c18-14-8-4-12(5-9-14)2-1-3-17(21)20-10-15(13-6-7-13)16(19)11-20/h4-5,8-9,13,15-16H,1-3,6-7,10-11,19H2/t15-,16+/m1/s1. The maximum Gasteiger partial charge on any atom is 0.222 e. The predicted molar refractivity (Wildman–Crippen MR) is 85.2 cm³/mol. The maximum absolute atomic E-state index is 12.3. The van der Waals surface area contributed by atoms with Crippen molar-refractivity contribution in [2.24, 2.45) is 17.6 Å². The molecule has 3 rings (SSSR count). The Morgan fingerprint density at radius 3 is 2.62 bits per heavy atom. The number of carbonyl (C=O) groups is 1. The van der Waals surface area contributed by atoms with E-state index < -0.39 is 0 Å². The summed E-state index contributed by atoms with van der Waals surface area (Å²) in [6.45, 7) is 1.63. The molecule has 0 spiro atoms. The van der Waals surface area contributed by atoms with Crippen molar-refractivity contribution in [2.45, 2.75) is 38.1 Å². The number of nitrogens with zero attached hydrogens (tertiary/aromatic N) is 1. The van der Waals surface area contributed by atoms with Gasteiger partial charge in [-0.05, 0) is 55.2 Å². The van der Waals surface area contributed by atoms with Crippen molar-refractivity contribution in [1.82, 2.24) is 4.90 Å². The third kappa shape index (κ3) is 3.78. The Bertz CT molecular complexity index is 498. The van der Waals surface area contributed by atoms with Gasteiger partial charge in [-0.15, -0.1) is 0 Å². The van der Waals surface area contributed by atoms with Crippen LogP contribution < -0.4 is 5.73 Å². The van der Waals surface area contributed by atoms with Gasteiger partial charge in [0.15, 0.2) is 0 Å². The molecule has 1 aliphatic heterocycles. The van der Waals surface area contributed by atoms with Gasteiger partial charge in [0.2, 0.25) is 5.91 Å². The highest BCUT2D eigenvalue weighted by Gasteiger charge is 2.41. The second-order valence-electron chi connectivity index (χ2n) is 6.44. The smallest absolute Gasteiger partial charge is 0.222 e. The van der Waals surface area contributed by atoms with E-state index in [0.717, 1.165) is 36.9 Å². The Labute approximate surface area is 131 Å². The molecule has 1 aromatic rings.